The van der Waals surface area contributed by atoms with Gasteiger partial charge in [-0.25, -0.2) is 0 Å². The van der Waals surface area contributed by atoms with Crippen LogP contribution in [0.5, 0.6) is 0 Å². The van der Waals surface area contributed by atoms with E-state index in [1.165, 1.54) is 33.4 Å². The number of benzene rings is 6. The molecule has 0 unspecified atom stereocenters. The maximum atomic E-state index is 2.18. The Hall–Kier alpha value is -4.94. The molecule has 0 saturated carbocycles. The average molecular weight is 545 g/mol. The Morgan fingerprint density at radius 2 is 0.429 bits per heavy atom. The van der Waals surface area contributed by atoms with Gasteiger partial charge in [-0.1, -0.05) is 194 Å². The molecule has 6 aromatic carbocycles. The fourth-order valence-corrected chi connectivity index (χ4v) is 4.48. The van der Waals surface area contributed by atoms with Gasteiger partial charge in [-0.15, -0.1) is 0 Å². The molecule has 0 aromatic heterocycles. The van der Waals surface area contributed by atoms with Crippen molar-refractivity contribution in [2.75, 3.05) is 0 Å². The second kappa shape index (κ2) is 18.4. The summed E-state index contributed by atoms with van der Waals surface area (Å²) in [5, 5.41) is 0. The Labute approximate surface area is 252 Å². The highest BCUT2D eigenvalue weighted by molar-refractivity contribution is 5.69. The molecule has 0 fully saturated rings. The molecule has 0 atom stereocenters. The fraction of sp³-hybridized carbons (Fsp3) is 0.0952. The lowest BCUT2D eigenvalue weighted by Crippen LogP contribution is -1.89. The first-order valence-electron chi connectivity index (χ1n) is 14.8. The Morgan fingerprint density at radius 1 is 0.238 bits per heavy atom. The first kappa shape index (κ1) is 30.0. The van der Waals surface area contributed by atoms with E-state index in [4.69, 9.17) is 0 Å². The molecule has 0 saturated heterocycles. The molecule has 0 aliphatic rings. The quantitative estimate of drug-likeness (QED) is 0.167. The van der Waals surface area contributed by atoms with Crippen LogP contribution in [0.2, 0.25) is 0 Å². The molecule has 0 nitrogen and oxygen atoms in total. The minimum Gasteiger partial charge on any atom is -0.0622 e. The van der Waals surface area contributed by atoms with Crippen molar-refractivity contribution in [2.45, 2.75) is 25.7 Å². The van der Waals surface area contributed by atoms with Crippen molar-refractivity contribution in [3.05, 3.63) is 215 Å². The van der Waals surface area contributed by atoms with Gasteiger partial charge in [-0.3, -0.25) is 0 Å². The van der Waals surface area contributed by atoms with Crippen molar-refractivity contribution in [3.8, 4) is 0 Å². The SMILES string of the molecule is C(=Cc1ccccc1)c1ccccc1.c1ccc(CCc2ccccc2)cc1.c1ccc(CCc2ccccc2)cc1. The maximum absolute atomic E-state index is 2.18. The molecule has 0 N–H and O–H groups in total. The molecule has 0 aliphatic heterocycles. The largest absolute Gasteiger partial charge is 0.0622 e. The summed E-state index contributed by atoms with van der Waals surface area (Å²) in [5.41, 5.74) is 8.12. The van der Waals surface area contributed by atoms with Crippen molar-refractivity contribution in [3.63, 3.8) is 0 Å². The standard InChI is InChI=1S/2C14H14.C14H12/c3*1-3-7-13(8-4-1)11-12-14-9-5-2-6-10-14/h2*1-10H,11-12H2;1-12H. The monoisotopic (exact) mass is 544 g/mol. The fourth-order valence-electron chi connectivity index (χ4n) is 4.48. The van der Waals surface area contributed by atoms with Gasteiger partial charge in [0.2, 0.25) is 0 Å². The Morgan fingerprint density at radius 3 is 0.643 bits per heavy atom. The molecule has 42 heavy (non-hydrogen) atoms. The summed E-state index contributed by atoms with van der Waals surface area (Å²) in [6.45, 7) is 0. The minimum absolute atomic E-state index is 1.13. The van der Waals surface area contributed by atoms with Gasteiger partial charge >= 0.3 is 0 Å². The van der Waals surface area contributed by atoms with Crippen molar-refractivity contribution in [2.24, 2.45) is 0 Å². The van der Waals surface area contributed by atoms with Gasteiger partial charge in [0.05, 0.1) is 0 Å². The average Bonchev–Trinajstić information content (AvgIpc) is 3.09. The van der Waals surface area contributed by atoms with E-state index in [2.05, 4.69) is 158 Å². The second-order valence-corrected chi connectivity index (χ2v) is 10.1. The van der Waals surface area contributed by atoms with Gasteiger partial charge in [0.25, 0.3) is 0 Å². The highest BCUT2D eigenvalue weighted by atomic mass is 14.0. The summed E-state index contributed by atoms with van der Waals surface area (Å²) in [6, 6.07) is 63.1. The van der Waals surface area contributed by atoms with Gasteiger partial charge in [-0.2, -0.15) is 0 Å². The van der Waals surface area contributed by atoms with Crippen LogP contribution >= 0.6 is 0 Å². The van der Waals surface area contributed by atoms with Crippen LogP contribution in [0.3, 0.4) is 0 Å². The molecule has 0 aliphatic carbocycles. The van der Waals surface area contributed by atoms with Gasteiger partial charge in [0.15, 0.2) is 0 Å². The van der Waals surface area contributed by atoms with Crippen LogP contribution in [0.25, 0.3) is 12.2 Å². The lowest BCUT2D eigenvalue weighted by Gasteiger charge is -2.01. The lowest BCUT2D eigenvalue weighted by molar-refractivity contribution is 0.960. The molecular weight excluding hydrogens is 504 g/mol. The normalized spacial score (nSPS) is 10.2. The van der Waals surface area contributed by atoms with Crippen LogP contribution in [0.4, 0.5) is 0 Å². The number of hydrogen-bond donors (Lipinski definition) is 0. The smallest absolute Gasteiger partial charge is 0.0238 e. The van der Waals surface area contributed by atoms with E-state index in [1.807, 2.05) is 36.4 Å². The predicted molar refractivity (Wildman–Crippen MR) is 182 cm³/mol. The van der Waals surface area contributed by atoms with Crippen LogP contribution in [0, 0.1) is 0 Å². The van der Waals surface area contributed by atoms with E-state index in [-0.39, 0.29) is 0 Å². The van der Waals surface area contributed by atoms with Crippen LogP contribution in [0.1, 0.15) is 33.4 Å². The number of aryl methyl sites for hydroxylation is 4. The minimum atomic E-state index is 1.13. The summed E-state index contributed by atoms with van der Waals surface area (Å²) < 4.78 is 0. The van der Waals surface area contributed by atoms with Crippen molar-refractivity contribution in [1.29, 1.82) is 0 Å². The molecule has 208 valence electrons. The third-order valence-corrected chi connectivity index (χ3v) is 6.84. The first-order valence-corrected chi connectivity index (χ1v) is 14.8. The summed E-state index contributed by atoms with van der Waals surface area (Å²) in [5.74, 6) is 0. The van der Waals surface area contributed by atoms with Crippen molar-refractivity contribution >= 4 is 12.2 Å². The van der Waals surface area contributed by atoms with Gasteiger partial charge < -0.3 is 0 Å². The Balaban J connectivity index is 0.000000145. The highest BCUT2D eigenvalue weighted by Gasteiger charge is 1.94. The summed E-state index contributed by atoms with van der Waals surface area (Å²) in [4.78, 5) is 0. The first-order chi connectivity index (χ1) is 20.8. The molecule has 0 heteroatoms. The predicted octanol–water partition coefficient (Wildman–Crippen LogP) is 10.8. The van der Waals surface area contributed by atoms with E-state index in [0.717, 1.165) is 25.7 Å². The second-order valence-electron chi connectivity index (χ2n) is 10.1. The topological polar surface area (TPSA) is 0 Å². The van der Waals surface area contributed by atoms with Gasteiger partial charge in [0.1, 0.15) is 0 Å². The molecular formula is C42H40. The lowest BCUT2D eigenvalue weighted by atomic mass is 10.0. The number of hydrogen-bond acceptors (Lipinski definition) is 0. The molecule has 0 amide bonds. The summed E-state index contributed by atoms with van der Waals surface area (Å²) in [6.07, 6.45) is 8.76. The van der Waals surface area contributed by atoms with Crippen LogP contribution < -0.4 is 0 Å². The Kier molecular flexibility index (Phi) is 13.2. The van der Waals surface area contributed by atoms with Crippen LogP contribution in [0.15, 0.2) is 182 Å². The van der Waals surface area contributed by atoms with Gasteiger partial charge in [0, 0.05) is 0 Å². The molecule has 0 radical (unpaired) electrons. The molecule has 0 bridgehead atoms. The van der Waals surface area contributed by atoms with E-state index in [1.54, 1.807) is 0 Å². The van der Waals surface area contributed by atoms with E-state index >= 15 is 0 Å². The highest BCUT2D eigenvalue weighted by Crippen LogP contribution is 2.08. The molecule has 0 spiro atoms. The zero-order chi connectivity index (χ0) is 28.9. The van der Waals surface area contributed by atoms with Crippen LogP contribution in [-0.2, 0) is 25.7 Å². The summed E-state index contributed by atoms with van der Waals surface area (Å²) in [7, 11) is 0. The molecule has 6 rings (SSSR count). The zero-order valence-corrected chi connectivity index (χ0v) is 24.3. The maximum Gasteiger partial charge on any atom is -0.0238 e. The van der Waals surface area contributed by atoms with E-state index < -0.39 is 0 Å². The van der Waals surface area contributed by atoms with Crippen LogP contribution in [-0.4, -0.2) is 0 Å². The molecule has 0 heterocycles. The van der Waals surface area contributed by atoms with E-state index in [9.17, 15) is 0 Å². The van der Waals surface area contributed by atoms with E-state index in [0.29, 0.717) is 0 Å². The van der Waals surface area contributed by atoms with Gasteiger partial charge in [-0.05, 0) is 59.1 Å². The van der Waals surface area contributed by atoms with Crippen molar-refractivity contribution < 1.29 is 0 Å². The van der Waals surface area contributed by atoms with Crippen molar-refractivity contribution in [1.82, 2.24) is 0 Å². The molecule has 6 aromatic rings. The third-order valence-electron chi connectivity index (χ3n) is 6.84. The zero-order valence-electron chi connectivity index (χ0n) is 24.3. The summed E-state index contributed by atoms with van der Waals surface area (Å²) >= 11 is 0. The third kappa shape index (κ3) is 12.1. The number of rotatable bonds is 8. The Bertz CT molecular complexity index is 1310.